The lowest BCUT2D eigenvalue weighted by Crippen LogP contribution is -2.16. The molecule has 0 unspecified atom stereocenters. The van der Waals surface area contributed by atoms with E-state index < -0.39 is 0 Å². The van der Waals surface area contributed by atoms with Gasteiger partial charge in [-0.25, -0.2) is 0 Å². The first-order chi connectivity index (χ1) is 22.0. The van der Waals surface area contributed by atoms with Crippen molar-refractivity contribution in [1.29, 1.82) is 0 Å². The second-order valence-electron chi connectivity index (χ2n) is 12.6. The number of hydrogen-bond acceptors (Lipinski definition) is 2. The maximum Gasteiger partial charge on any atom is 0.0468 e. The fourth-order valence-corrected chi connectivity index (χ4v) is 8.44. The molecule has 1 nitrogen and oxygen atoms in total. The highest BCUT2D eigenvalue weighted by Crippen LogP contribution is 2.51. The van der Waals surface area contributed by atoms with Crippen LogP contribution in [0, 0.1) is 0 Å². The van der Waals surface area contributed by atoms with Crippen LogP contribution in [0.4, 0.5) is 17.1 Å². The number of hydrogen-bond donors (Lipinski definition) is 0. The zero-order valence-electron chi connectivity index (χ0n) is 25.3. The summed E-state index contributed by atoms with van der Waals surface area (Å²) < 4.78 is 2.67. The van der Waals surface area contributed by atoms with E-state index >= 15 is 0 Å². The molecule has 0 saturated carbocycles. The van der Waals surface area contributed by atoms with E-state index in [4.69, 9.17) is 0 Å². The molecule has 9 rings (SSSR count). The molecule has 0 N–H and O–H groups in total. The van der Waals surface area contributed by atoms with Gasteiger partial charge in [-0.15, -0.1) is 11.3 Å². The fourth-order valence-electron chi connectivity index (χ4n) is 7.31. The molecule has 0 saturated heterocycles. The summed E-state index contributed by atoms with van der Waals surface area (Å²) in [6.07, 6.45) is 0. The van der Waals surface area contributed by atoms with Gasteiger partial charge in [0.05, 0.1) is 0 Å². The quantitative estimate of drug-likeness (QED) is 0.196. The number of thiophene rings is 1. The van der Waals surface area contributed by atoms with Crippen molar-refractivity contribution in [3.05, 3.63) is 163 Å². The molecule has 1 aromatic heterocycles. The summed E-state index contributed by atoms with van der Waals surface area (Å²) >= 11 is 1.88. The van der Waals surface area contributed by atoms with Crippen LogP contribution in [0.15, 0.2) is 152 Å². The molecule has 0 atom stereocenters. The molecule has 45 heavy (non-hydrogen) atoms. The highest BCUT2D eigenvalue weighted by Gasteiger charge is 2.35. The van der Waals surface area contributed by atoms with Crippen LogP contribution < -0.4 is 4.90 Å². The third-order valence-electron chi connectivity index (χ3n) is 9.64. The first-order valence-corrected chi connectivity index (χ1v) is 16.4. The molecule has 7 aromatic carbocycles. The second-order valence-corrected chi connectivity index (χ2v) is 13.7. The maximum absolute atomic E-state index is 2.42. The van der Waals surface area contributed by atoms with Crippen molar-refractivity contribution in [2.24, 2.45) is 0 Å². The SMILES string of the molecule is CC1(C)c2ccccc2-c2ccc(N(c3ccc(-c4ccccc4)cc3)c3ccc4cc5c(cc4c3)sc3ccccc35)cc21. The fraction of sp³-hybridized carbons (Fsp3) is 0.0698. The maximum atomic E-state index is 2.42. The van der Waals surface area contributed by atoms with E-state index in [0.29, 0.717) is 0 Å². The summed E-state index contributed by atoms with van der Waals surface area (Å²) in [5, 5.41) is 5.20. The highest BCUT2D eigenvalue weighted by atomic mass is 32.1. The van der Waals surface area contributed by atoms with E-state index in [9.17, 15) is 0 Å². The molecule has 0 aliphatic heterocycles. The zero-order chi connectivity index (χ0) is 30.1. The van der Waals surface area contributed by atoms with E-state index in [2.05, 4.69) is 170 Å². The Morgan fingerprint density at radius 3 is 1.98 bits per heavy atom. The minimum Gasteiger partial charge on any atom is -0.310 e. The summed E-state index contributed by atoms with van der Waals surface area (Å²) in [6.45, 7) is 4.71. The third kappa shape index (κ3) is 4.13. The Morgan fingerprint density at radius 1 is 0.444 bits per heavy atom. The summed E-state index contributed by atoms with van der Waals surface area (Å²) in [6, 6.07) is 55.9. The van der Waals surface area contributed by atoms with Gasteiger partial charge in [-0.2, -0.15) is 0 Å². The van der Waals surface area contributed by atoms with Crippen LogP contribution in [-0.2, 0) is 5.41 Å². The third-order valence-corrected chi connectivity index (χ3v) is 10.8. The van der Waals surface area contributed by atoms with Crippen molar-refractivity contribution in [2.75, 3.05) is 4.90 Å². The summed E-state index contributed by atoms with van der Waals surface area (Å²) in [5.41, 5.74) is 11.3. The van der Waals surface area contributed by atoms with Gasteiger partial charge in [-0.1, -0.05) is 111 Å². The van der Waals surface area contributed by atoms with Gasteiger partial charge in [-0.3, -0.25) is 0 Å². The predicted molar refractivity (Wildman–Crippen MR) is 195 cm³/mol. The number of rotatable bonds is 4. The number of nitrogens with zero attached hydrogens (tertiary/aromatic N) is 1. The average molecular weight is 594 g/mol. The van der Waals surface area contributed by atoms with E-state index in [1.165, 1.54) is 70.0 Å². The molecule has 0 fully saturated rings. The van der Waals surface area contributed by atoms with Gasteiger partial charge >= 0.3 is 0 Å². The summed E-state index contributed by atoms with van der Waals surface area (Å²) in [5.74, 6) is 0. The molecule has 0 spiro atoms. The molecular formula is C43H31NS. The van der Waals surface area contributed by atoms with Gasteiger partial charge in [0.1, 0.15) is 0 Å². The Kier molecular flexibility index (Phi) is 5.78. The van der Waals surface area contributed by atoms with Gasteiger partial charge in [0.25, 0.3) is 0 Å². The monoisotopic (exact) mass is 593 g/mol. The van der Waals surface area contributed by atoms with E-state index in [1.807, 2.05) is 11.3 Å². The number of benzene rings is 7. The minimum absolute atomic E-state index is 0.0685. The molecule has 8 aromatic rings. The number of anilines is 3. The first kappa shape index (κ1) is 26.2. The van der Waals surface area contributed by atoms with E-state index in [1.54, 1.807) is 0 Å². The highest BCUT2D eigenvalue weighted by molar-refractivity contribution is 7.25. The van der Waals surface area contributed by atoms with Crippen molar-refractivity contribution in [3.8, 4) is 22.3 Å². The van der Waals surface area contributed by atoms with Gasteiger partial charge < -0.3 is 4.90 Å². The van der Waals surface area contributed by atoms with Crippen LogP contribution in [0.1, 0.15) is 25.0 Å². The van der Waals surface area contributed by atoms with Crippen LogP contribution in [-0.4, -0.2) is 0 Å². The lowest BCUT2D eigenvalue weighted by Gasteiger charge is -2.28. The minimum atomic E-state index is -0.0685. The van der Waals surface area contributed by atoms with Crippen LogP contribution >= 0.6 is 11.3 Å². The Balaban J connectivity index is 1.22. The Bertz CT molecular complexity index is 2400. The zero-order valence-corrected chi connectivity index (χ0v) is 26.1. The lowest BCUT2D eigenvalue weighted by atomic mass is 9.82. The van der Waals surface area contributed by atoms with Crippen molar-refractivity contribution >= 4 is 59.3 Å². The molecule has 1 heterocycles. The summed E-state index contributed by atoms with van der Waals surface area (Å²) in [7, 11) is 0. The number of fused-ring (bicyclic) bond motifs is 7. The van der Waals surface area contributed by atoms with Crippen LogP contribution in [0.3, 0.4) is 0 Å². The smallest absolute Gasteiger partial charge is 0.0468 e. The Morgan fingerprint density at radius 2 is 1.11 bits per heavy atom. The van der Waals surface area contributed by atoms with Crippen molar-refractivity contribution in [2.45, 2.75) is 19.3 Å². The van der Waals surface area contributed by atoms with Crippen molar-refractivity contribution < 1.29 is 0 Å². The molecule has 0 amide bonds. The lowest BCUT2D eigenvalue weighted by molar-refractivity contribution is 0.660. The van der Waals surface area contributed by atoms with Gasteiger partial charge in [0.2, 0.25) is 0 Å². The Labute approximate surface area is 267 Å². The molecule has 2 heteroatoms. The Hall–Kier alpha value is -5.18. The first-order valence-electron chi connectivity index (χ1n) is 15.6. The van der Waals surface area contributed by atoms with Gasteiger partial charge in [0.15, 0.2) is 0 Å². The van der Waals surface area contributed by atoms with Crippen LogP contribution in [0.2, 0.25) is 0 Å². The second kappa shape index (κ2) is 9.92. The normalized spacial score (nSPS) is 13.3. The molecule has 1 aliphatic carbocycles. The molecule has 0 bridgehead atoms. The predicted octanol–water partition coefficient (Wildman–Crippen LogP) is 12.7. The van der Waals surface area contributed by atoms with E-state index in [0.717, 1.165) is 11.4 Å². The van der Waals surface area contributed by atoms with Crippen LogP contribution in [0.25, 0.3) is 53.2 Å². The molecule has 214 valence electrons. The molecule has 1 aliphatic rings. The van der Waals surface area contributed by atoms with E-state index in [-0.39, 0.29) is 5.41 Å². The van der Waals surface area contributed by atoms with Gasteiger partial charge in [-0.05, 0) is 98.8 Å². The average Bonchev–Trinajstić information content (AvgIpc) is 3.56. The molecule has 0 radical (unpaired) electrons. The summed E-state index contributed by atoms with van der Waals surface area (Å²) in [4.78, 5) is 2.42. The van der Waals surface area contributed by atoms with Crippen molar-refractivity contribution in [1.82, 2.24) is 0 Å². The molecular weight excluding hydrogens is 563 g/mol. The van der Waals surface area contributed by atoms with Crippen LogP contribution in [0.5, 0.6) is 0 Å². The largest absolute Gasteiger partial charge is 0.310 e. The van der Waals surface area contributed by atoms with Crippen molar-refractivity contribution in [3.63, 3.8) is 0 Å². The van der Waals surface area contributed by atoms with Gasteiger partial charge in [0, 0.05) is 42.6 Å². The topological polar surface area (TPSA) is 3.24 Å². The standard InChI is InChI=1S/C43H31NS/c1-43(2)39-14-8-6-12-35(39)36-23-22-34(27-40(36)43)44(32-19-16-29(17-20-32)28-10-4-3-5-11-28)33-21-18-30-25-38-37-13-7-9-15-41(37)45-42(38)26-31(30)24-33/h3-27H,1-2H3.